The van der Waals surface area contributed by atoms with E-state index in [1.807, 2.05) is 13.8 Å². The van der Waals surface area contributed by atoms with Gasteiger partial charge in [0, 0.05) is 0 Å². The molecule has 3 unspecified atom stereocenters. The maximum atomic E-state index is 5.56. The monoisotopic (exact) mass is 150 g/mol. The zero-order valence-corrected chi connectivity index (χ0v) is 6.39. The summed E-state index contributed by atoms with van der Waals surface area (Å²) >= 11 is 5.56. The summed E-state index contributed by atoms with van der Waals surface area (Å²) in [5.74, 6) is 0.519. The fraction of sp³-hybridized carbons (Fsp3) is 1.00. The lowest BCUT2D eigenvalue weighted by Crippen LogP contribution is -2.20. The van der Waals surface area contributed by atoms with E-state index in [-0.39, 0.29) is 18.5 Å². The van der Waals surface area contributed by atoms with Crippen molar-refractivity contribution in [1.82, 2.24) is 0 Å². The summed E-state index contributed by atoms with van der Waals surface area (Å²) in [4.78, 5) is 0. The number of halogens is 1. The Bertz CT molecular complexity index is 97.1. The molecular formula is C6H11ClO2. The molecule has 2 nitrogen and oxygen atoms in total. The summed E-state index contributed by atoms with van der Waals surface area (Å²) in [6, 6.07) is 0. The molecular weight excluding hydrogens is 140 g/mol. The Hall–Kier alpha value is 0.210. The van der Waals surface area contributed by atoms with E-state index in [0.717, 1.165) is 0 Å². The molecule has 1 fully saturated rings. The summed E-state index contributed by atoms with van der Waals surface area (Å²) in [6.07, 6.45) is 0.155. The third-order valence-electron chi connectivity index (χ3n) is 1.45. The fourth-order valence-corrected chi connectivity index (χ4v) is 1.26. The molecule has 3 atom stereocenters. The number of rotatable bonds is 1. The Morgan fingerprint density at radius 1 is 1.33 bits per heavy atom. The largest absolute Gasteiger partial charge is 0.347 e. The zero-order chi connectivity index (χ0) is 6.85. The van der Waals surface area contributed by atoms with Crippen molar-refractivity contribution in [2.45, 2.75) is 32.3 Å². The SMILES string of the molecule is CC1OC(C)C(CCl)O1. The number of ether oxygens (including phenoxy) is 2. The third kappa shape index (κ3) is 1.57. The molecule has 0 bridgehead atoms. The van der Waals surface area contributed by atoms with Crippen LogP contribution in [0.5, 0.6) is 0 Å². The van der Waals surface area contributed by atoms with Crippen molar-refractivity contribution < 1.29 is 9.47 Å². The van der Waals surface area contributed by atoms with Crippen LogP contribution in [0.25, 0.3) is 0 Å². The molecule has 1 saturated heterocycles. The van der Waals surface area contributed by atoms with Gasteiger partial charge in [-0.2, -0.15) is 0 Å². The summed E-state index contributed by atoms with van der Waals surface area (Å²) < 4.78 is 10.5. The lowest BCUT2D eigenvalue weighted by Gasteiger charge is -2.06. The van der Waals surface area contributed by atoms with Gasteiger partial charge in [-0.3, -0.25) is 0 Å². The molecule has 0 aliphatic carbocycles. The lowest BCUT2D eigenvalue weighted by atomic mass is 10.3. The predicted molar refractivity (Wildman–Crippen MR) is 35.6 cm³/mol. The van der Waals surface area contributed by atoms with Crippen LogP contribution >= 0.6 is 11.6 Å². The van der Waals surface area contributed by atoms with Gasteiger partial charge in [-0.05, 0) is 13.8 Å². The molecule has 0 amide bonds. The standard InChI is InChI=1S/C6H11ClO2/c1-4-6(3-7)9-5(2)8-4/h4-6H,3H2,1-2H3. The lowest BCUT2D eigenvalue weighted by molar-refractivity contribution is -0.0467. The second-order valence-corrected chi connectivity index (χ2v) is 2.55. The highest BCUT2D eigenvalue weighted by Crippen LogP contribution is 2.18. The normalized spacial score (nSPS) is 43.7. The van der Waals surface area contributed by atoms with Crippen LogP contribution in [0.15, 0.2) is 0 Å². The predicted octanol–water partition coefficient (Wildman–Crippen LogP) is 1.38. The first-order valence-corrected chi connectivity index (χ1v) is 3.64. The van der Waals surface area contributed by atoms with Gasteiger partial charge < -0.3 is 9.47 Å². The van der Waals surface area contributed by atoms with Crippen LogP contribution < -0.4 is 0 Å². The Labute approximate surface area is 60.1 Å². The van der Waals surface area contributed by atoms with E-state index in [9.17, 15) is 0 Å². The average molecular weight is 151 g/mol. The van der Waals surface area contributed by atoms with Gasteiger partial charge in [0.15, 0.2) is 6.29 Å². The van der Waals surface area contributed by atoms with Crippen LogP contribution in [0.4, 0.5) is 0 Å². The molecule has 1 heterocycles. The van der Waals surface area contributed by atoms with E-state index < -0.39 is 0 Å². The molecule has 0 saturated carbocycles. The topological polar surface area (TPSA) is 18.5 Å². The quantitative estimate of drug-likeness (QED) is 0.526. The van der Waals surface area contributed by atoms with Crippen LogP contribution in [-0.2, 0) is 9.47 Å². The Kier molecular flexibility index (Phi) is 2.33. The van der Waals surface area contributed by atoms with Crippen LogP contribution in [0.2, 0.25) is 0 Å². The van der Waals surface area contributed by atoms with Gasteiger partial charge in [0.05, 0.1) is 12.0 Å². The molecule has 0 aromatic carbocycles. The smallest absolute Gasteiger partial charge is 0.155 e. The van der Waals surface area contributed by atoms with Gasteiger partial charge in [-0.25, -0.2) is 0 Å². The first-order valence-electron chi connectivity index (χ1n) is 3.11. The number of hydrogen-bond acceptors (Lipinski definition) is 2. The van der Waals surface area contributed by atoms with Crippen molar-refractivity contribution in [2.75, 3.05) is 5.88 Å². The maximum Gasteiger partial charge on any atom is 0.155 e. The first kappa shape index (κ1) is 7.32. The second-order valence-electron chi connectivity index (χ2n) is 2.24. The van der Waals surface area contributed by atoms with E-state index in [2.05, 4.69) is 0 Å². The van der Waals surface area contributed by atoms with E-state index in [0.29, 0.717) is 5.88 Å². The molecule has 0 aromatic rings. The van der Waals surface area contributed by atoms with Crippen LogP contribution in [0.3, 0.4) is 0 Å². The number of alkyl halides is 1. The molecule has 0 spiro atoms. The van der Waals surface area contributed by atoms with Crippen molar-refractivity contribution in [2.24, 2.45) is 0 Å². The van der Waals surface area contributed by atoms with Gasteiger partial charge >= 0.3 is 0 Å². The molecule has 0 radical (unpaired) electrons. The van der Waals surface area contributed by atoms with E-state index in [1.54, 1.807) is 0 Å². The van der Waals surface area contributed by atoms with Crippen molar-refractivity contribution >= 4 is 11.6 Å². The maximum absolute atomic E-state index is 5.56. The highest BCUT2D eigenvalue weighted by Gasteiger charge is 2.28. The Balaban J connectivity index is 2.38. The number of hydrogen-bond donors (Lipinski definition) is 0. The molecule has 0 aromatic heterocycles. The minimum absolute atomic E-state index is 0.0799. The second kappa shape index (κ2) is 2.86. The first-order chi connectivity index (χ1) is 4.24. The van der Waals surface area contributed by atoms with Crippen molar-refractivity contribution in [3.63, 3.8) is 0 Å². The fourth-order valence-electron chi connectivity index (χ4n) is 0.941. The van der Waals surface area contributed by atoms with Gasteiger partial charge in [0.2, 0.25) is 0 Å². The summed E-state index contributed by atoms with van der Waals surface area (Å²) in [5.41, 5.74) is 0. The molecule has 54 valence electrons. The van der Waals surface area contributed by atoms with Gasteiger partial charge in [0.25, 0.3) is 0 Å². The van der Waals surface area contributed by atoms with Crippen LogP contribution in [-0.4, -0.2) is 24.4 Å². The van der Waals surface area contributed by atoms with Crippen molar-refractivity contribution in [1.29, 1.82) is 0 Å². The summed E-state index contributed by atoms with van der Waals surface area (Å²) in [7, 11) is 0. The van der Waals surface area contributed by atoms with Crippen LogP contribution in [0.1, 0.15) is 13.8 Å². The average Bonchev–Trinajstić information content (AvgIpc) is 2.10. The zero-order valence-electron chi connectivity index (χ0n) is 5.63. The van der Waals surface area contributed by atoms with E-state index in [1.165, 1.54) is 0 Å². The molecule has 1 aliphatic rings. The Morgan fingerprint density at radius 3 is 2.22 bits per heavy atom. The third-order valence-corrected chi connectivity index (χ3v) is 1.75. The van der Waals surface area contributed by atoms with Crippen molar-refractivity contribution in [3.8, 4) is 0 Å². The molecule has 1 rings (SSSR count). The molecule has 9 heavy (non-hydrogen) atoms. The van der Waals surface area contributed by atoms with Gasteiger partial charge in [0.1, 0.15) is 6.10 Å². The molecule has 0 N–H and O–H groups in total. The minimum Gasteiger partial charge on any atom is -0.347 e. The van der Waals surface area contributed by atoms with Crippen molar-refractivity contribution in [3.05, 3.63) is 0 Å². The Morgan fingerprint density at radius 2 is 2.00 bits per heavy atom. The van der Waals surface area contributed by atoms with Gasteiger partial charge in [-0.15, -0.1) is 11.6 Å². The van der Waals surface area contributed by atoms with E-state index >= 15 is 0 Å². The van der Waals surface area contributed by atoms with Gasteiger partial charge in [-0.1, -0.05) is 0 Å². The summed E-state index contributed by atoms with van der Waals surface area (Å²) in [5, 5.41) is 0. The summed E-state index contributed by atoms with van der Waals surface area (Å²) in [6.45, 7) is 3.85. The van der Waals surface area contributed by atoms with E-state index in [4.69, 9.17) is 21.1 Å². The molecule has 3 heteroatoms. The molecule has 1 aliphatic heterocycles. The highest BCUT2D eigenvalue weighted by molar-refractivity contribution is 6.18. The minimum atomic E-state index is -0.0799. The highest BCUT2D eigenvalue weighted by atomic mass is 35.5. The van der Waals surface area contributed by atoms with Crippen LogP contribution in [0, 0.1) is 0 Å².